The molecule has 60 heavy (non-hydrogen) atoms. The van der Waals surface area contributed by atoms with Crippen LogP contribution in [0.1, 0.15) is 18.9 Å². The number of amidine groups is 1. The number of aromatic amines is 1. The Morgan fingerprint density at radius 2 is 1.70 bits per heavy atom. The third-order valence-corrected chi connectivity index (χ3v) is 12.9. The molecule has 14 nitrogen and oxygen atoms in total. The second-order valence-electron chi connectivity index (χ2n) is 13.0. The summed E-state index contributed by atoms with van der Waals surface area (Å²) < 4.78 is 37.3. The first-order chi connectivity index (χ1) is 28.7. The maximum Gasteiger partial charge on any atom is 0.267 e. The molecule has 0 radical (unpaired) electrons. The number of para-hydroxylation sites is 2. The van der Waals surface area contributed by atoms with Gasteiger partial charge in [-0.2, -0.15) is 5.21 Å². The average molecular weight is 944 g/mol. The minimum absolute atomic E-state index is 0.0786. The first-order valence-corrected chi connectivity index (χ1v) is 22.1. The molecule has 5 aromatic carbocycles. The highest BCUT2D eigenvalue weighted by Crippen LogP contribution is 2.41. The Labute approximate surface area is 373 Å². The maximum absolute atomic E-state index is 14.4. The predicted molar refractivity (Wildman–Crippen MR) is 239 cm³/mol. The zero-order valence-electron chi connectivity index (χ0n) is 31.2. The van der Waals surface area contributed by atoms with E-state index in [-0.39, 0.29) is 58.6 Å². The average Bonchev–Trinajstić information content (AvgIpc) is 3.77. The molecule has 1 fully saturated rings. The number of carbonyl (C=O) groups excluding carboxylic acids is 2. The van der Waals surface area contributed by atoms with Crippen LogP contribution in [0.4, 0.5) is 22.7 Å². The number of aromatic nitrogens is 4. The third-order valence-electron chi connectivity index (χ3n) is 8.84. The van der Waals surface area contributed by atoms with Crippen molar-refractivity contribution in [2.75, 3.05) is 15.0 Å². The fourth-order valence-electron chi connectivity index (χ4n) is 5.90. The van der Waals surface area contributed by atoms with Crippen molar-refractivity contribution in [2.45, 2.75) is 41.4 Å². The van der Waals surface area contributed by atoms with E-state index in [2.05, 4.69) is 31.0 Å². The highest BCUT2D eigenvalue weighted by Gasteiger charge is 2.41. The molecule has 1 saturated heterocycles. The SMILES string of the molecule is CCC(Oc1ccccc1C)C(=O)Nc1ccccc1SC1C(=O)N(c2c(Cl)cc(Cl)cc2Cl)NC1=Nc1cc(NS(=O)(=O)c2cccc(-n3[nH]nnc3=S)c2)ccc1Cl. The number of carbonyl (C=O) groups is 2. The smallest absolute Gasteiger partial charge is 0.267 e. The number of benzene rings is 5. The van der Waals surface area contributed by atoms with Gasteiger partial charge in [-0.05, 0) is 97.9 Å². The molecule has 0 saturated carbocycles. The summed E-state index contributed by atoms with van der Waals surface area (Å²) >= 11 is 32.3. The monoisotopic (exact) mass is 941 g/mol. The molecule has 2 amide bonds. The van der Waals surface area contributed by atoms with E-state index < -0.39 is 27.3 Å². The molecular formula is C39H31Cl4N9O5S3. The van der Waals surface area contributed by atoms with Gasteiger partial charge in [0, 0.05) is 9.92 Å². The summed E-state index contributed by atoms with van der Waals surface area (Å²) in [5, 5.41) is 13.5. The molecule has 1 aromatic heterocycles. The van der Waals surface area contributed by atoms with Gasteiger partial charge in [0.2, 0.25) is 4.77 Å². The largest absolute Gasteiger partial charge is 0.480 e. The molecule has 7 rings (SSSR count). The van der Waals surface area contributed by atoms with Gasteiger partial charge in [0.05, 0.1) is 42.7 Å². The molecule has 4 N–H and O–H groups in total. The van der Waals surface area contributed by atoms with Crippen LogP contribution in [0, 0.1) is 11.7 Å². The topological polar surface area (TPSA) is 176 Å². The minimum Gasteiger partial charge on any atom is -0.480 e. The summed E-state index contributed by atoms with van der Waals surface area (Å²) in [5.74, 6) is -0.244. The Morgan fingerprint density at radius 3 is 2.42 bits per heavy atom. The van der Waals surface area contributed by atoms with Crippen molar-refractivity contribution in [1.29, 1.82) is 0 Å². The fraction of sp³-hybridized carbons (Fsp3) is 0.128. The van der Waals surface area contributed by atoms with Crippen molar-refractivity contribution in [2.24, 2.45) is 4.99 Å². The number of rotatable bonds is 13. The molecule has 2 unspecified atom stereocenters. The zero-order chi connectivity index (χ0) is 42.7. The maximum atomic E-state index is 14.4. The molecule has 2 heterocycles. The van der Waals surface area contributed by atoms with Crippen molar-refractivity contribution >= 4 is 121 Å². The summed E-state index contributed by atoms with van der Waals surface area (Å²) in [7, 11) is -4.17. The van der Waals surface area contributed by atoms with Crippen LogP contribution in [0.3, 0.4) is 0 Å². The number of anilines is 3. The number of nitrogens with one attached hydrogen (secondary N) is 4. The number of aryl methyl sites for hydroxylation is 1. The van der Waals surface area contributed by atoms with Gasteiger partial charge < -0.3 is 10.1 Å². The number of sulfonamides is 1. The van der Waals surface area contributed by atoms with E-state index in [1.807, 2.05) is 32.0 Å². The van der Waals surface area contributed by atoms with Gasteiger partial charge in [0.25, 0.3) is 21.8 Å². The number of halogens is 4. The van der Waals surface area contributed by atoms with Crippen LogP contribution < -0.4 is 25.2 Å². The molecule has 0 bridgehead atoms. The van der Waals surface area contributed by atoms with Crippen molar-refractivity contribution in [3.63, 3.8) is 0 Å². The lowest BCUT2D eigenvalue weighted by molar-refractivity contribution is -0.122. The van der Waals surface area contributed by atoms with Crippen LogP contribution in [0.25, 0.3) is 5.69 Å². The first-order valence-electron chi connectivity index (χ1n) is 17.8. The number of hydrazine groups is 1. The number of hydrogen-bond donors (Lipinski definition) is 4. The van der Waals surface area contributed by atoms with Gasteiger partial charge >= 0.3 is 0 Å². The minimum atomic E-state index is -4.17. The summed E-state index contributed by atoms with van der Waals surface area (Å²) in [6.45, 7) is 3.74. The van der Waals surface area contributed by atoms with Crippen molar-refractivity contribution < 1.29 is 22.7 Å². The van der Waals surface area contributed by atoms with Crippen LogP contribution in [0.5, 0.6) is 5.75 Å². The summed E-state index contributed by atoms with van der Waals surface area (Å²) in [4.78, 5) is 33.2. The van der Waals surface area contributed by atoms with E-state index in [9.17, 15) is 18.0 Å². The van der Waals surface area contributed by atoms with Gasteiger partial charge in [0.15, 0.2) is 6.10 Å². The number of thioether (sulfide) groups is 1. The van der Waals surface area contributed by atoms with E-state index in [0.717, 1.165) is 22.3 Å². The highest BCUT2D eigenvalue weighted by molar-refractivity contribution is 8.01. The Morgan fingerprint density at radius 1 is 0.967 bits per heavy atom. The zero-order valence-corrected chi connectivity index (χ0v) is 36.7. The predicted octanol–water partition coefficient (Wildman–Crippen LogP) is 9.59. The quantitative estimate of drug-likeness (QED) is 0.0816. The lowest BCUT2D eigenvalue weighted by Gasteiger charge is -2.20. The molecule has 2 atom stereocenters. The van der Waals surface area contributed by atoms with Gasteiger partial charge in [-0.3, -0.25) is 19.7 Å². The van der Waals surface area contributed by atoms with Gasteiger partial charge in [-0.25, -0.2) is 23.1 Å². The summed E-state index contributed by atoms with van der Waals surface area (Å²) in [6.07, 6.45) is -0.432. The van der Waals surface area contributed by atoms with Crippen LogP contribution in [0.15, 0.2) is 118 Å². The van der Waals surface area contributed by atoms with Gasteiger partial charge in [0.1, 0.15) is 22.5 Å². The lowest BCUT2D eigenvalue weighted by atomic mass is 10.2. The lowest BCUT2D eigenvalue weighted by Crippen LogP contribution is -2.36. The number of hydrogen-bond acceptors (Lipinski definition) is 10. The third kappa shape index (κ3) is 9.42. The van der Waals surface area contributed by atoms with Crippen LogP contribution in [-0.4, -0.2) is 57.6 Å². The number of tetrazole rings is 1. The molecule has 6 aromatic rings. The molecule has 1 aliphatic heterocycles. The Hall–Kier alpha value is -5.14. The van der Waals surface area contributed by atoms with Crippen molar-refractivity contribution in [3.05, 3.63) is 134 Å². The molecule has 21 heteroatoms. The first kappa shape index (κ1) is 43.0. The number of H-pyrrole nitrogens is 1. The van der Waals surface area contributed by atoms with E-state index >= 15 is 0 Å². The van der Waals surface area contributed by atoms with E-state index in [1.54, 1.807) is 42.5 Å². The molecule has 0 aliphatic carbocycles. The van der Waals surface area contributed by atoms with Crippen LogP contribution in [-0.2, 0) is 19.6 Å². The second-order valence-corrected chi connectivity index (χ2v) is 17.8. The molecule has 0 spiro atoms. The van der Waals surface area contributed by atoms with Crippen molar-refractivity contribution in [1.82, 2.24) is 25.6 Å². The molecular weight excluding hydrogens is 912 g/mol. The second kappa shape index (κ2) is 18.2. The number of amides is 2. The molecule has 1 aliphatic rings. The fourth-order valence-corrected chi connectivity index (χ4v) is 9.41. The summed E-state index contributed by atoms with van der Waals surface area (Å²) in [5.41, 5.74) is 5.04. The normalized spacial score (nSPS) is 15.2. The number of nitrogens with zero attached hydrogens (tertiary/aromatic N) is 5. The number of ether oxygens (including phenoxy) is 1. The van der Waals surface area contributed by atoms with E-state index in [1.165, 1.54) is 47.1 Å². The van der Waals surface area contributed by atoms with Crippen LogP contribution >= 0.6 is 70.4 Å². The van der Waals surface area contributed by atoms with Crippen LogP contribution in [0.2, 0.25) is 20.1 Å². The highest BCUT2D eigenvalue weighted by atomic mass is 35.5. The standard InChI is InChI=1S/C39H31Cl4N9O5S3/c1-3-31(57-32-13-6-4-9-21(32)2)37(53)45-29-12-5-7-14-33(29)59-35-36(47-52(38(35)54)34-27(42)17-22(40)18-28(34)43)44-30-19-23(15-16-26(30)41)48-60(55,56)25-11-8-10-24(20-25)51-39(58)46-49-50-51/h4-20,31,35,48H,3H2,1-2H3,(H,44,47)(H,45,53)(H,46,50,58). The van der Waals surface area contributed by atoms with Crippen molar-refractivity contribution in [3.8, 4) is 11.4 Å². The number of aliphatic imine (C=N–C) groups is 1. The Kier molecular flexibility index (Phi) is 13.1. The van der Waals surface area contributed by atoms with E-state index in [0.29, 0.717) is 28.4 Å². The summed E-state index contributed by atoms with van der Waals surface area (Å²) in [6, 6.07) is 27.6. The Bertz CT molecular complexity index is 2820. The van der Waals surface area contributed by atoms with Gasteiger partial charge in [-0.15, -0.1) is 11.8 Å². The molecule has 308 valence electrons. The van der Waals surface area contributed by atoms with E-state index in [4.69, 9.17) is 68.4 Å². The Balaban J connectivity index is 1.21. The van der Waals surface area contributed by atoms with Gasteiger partial charge in [-0.1, -0.05) is 100 Å².